The van der Waals surface area contributed by atoms with Gasteiger partial charge in [-0.15, -0.1) is 0 Å². The predicted molar refractivity (Wildman–Crippen MR) is 75.4 cm³/mol. The van der Waals surface area contributed by atoms with Gasteiger partial charge in [0.2, 0.25) is 5.91 Å². The van der Waals surface area contributed by atoms with E-state index in [1.807, 2.05) is 29.0 Å². The van der Waals surface area contributed by atoms with Crippen molar-refractivity contribution < 1.29 is 4.79 Å². The van der Waals surface area contributed by atoms with Crippen LogP contribution in [0.5, 0.6) is 0 Å². The molecule has 2 N–H and O–H groups in total. The van der Waals surface area contributed by atoms with Gasteiger partial charge >= 0.3 is 0 Å². The Labute approximate surface area is 115 Å². The number of hydrogen-bond donors (Lipinski definition) is 1. The molecule has 0 spiro atoms. The number of fused-ring (bicyclic) bond motifs is 1. The quantitative estimate of drug-likeness (QED) is 0.781. The fourth-order valence-corrected chi connectivity index (χ4v) is 2.03. The molecule has 0 aliphatic rings. The van der Waals surface area contributed by atoms with Crippen molar-refractivity contribution >= 4 is 16.9 Å². The van der Waals surface area contributed by atoms with Crippen LogP contribution in [0.2, 0.25) is 0 Å². The molecule has 0 fully saturated rings. The van der Waals surface area contributed by atoms with Crippen molar-refractivity contribution in [2.75, 3.05) is 0 Å². The van der Waals surface area contributed by atoms with Crippen molar-refractivity contribution in [2.45, 2.75) is 19.4 Å². The molecule has 0 aromatic carbocycles. The third-order valence-electron chi connectivity index (χ3n) is 3.47. The van der Waals surface area contributed by atoms with Crippen molar-refractivity contribution in [2.24, 2.45) is 5.73 Å². The lowest BCUT2D eigenvalue weighted by Gasteiger charge is -2.20. The number of aromatic nitrogens is 4. The molecule has 6 nitrogen and oxygen atoms in total. The van der Waals surface area contributed by atoms with Gasteiger partial charge in [0.15, 0.2) is 0 Å². The first kappa shape index (κ1) is 12.4. The number of carbonyl (C=O) groups is 1. The molecule has 0 atom stereocenters. The molecule has 0 aliphatic carbocycles. The van der Waals surface area contributed by atoms with E-state index in [-0.39, 0.29) is 0 Å². The van der Waals surface area contributed by atoms with Crippen LogP contribution in [0.25, 0.3) is 16.7 Å². The number of nitrogens with zero attached hydrogens (tertiary/aromatic N) is 4. The van der Waals surface area contributed by atoms with Gasteiger partial charge in [0.05, 0.1) is 18.1 Å². The summed E-state index contributed by atoms with van der Waals surface area (Å²) in [5.74, 6) is -0.428. The molecule has 0 bridgehead atoms. The Morgan fingerprint density at radius 2 is 2.15 bits per heavy atom. The number of primary amides is 1. The van der Waals surface area contributed by atoms with Gasteiger partial charge in [0, 0.05) is 17.8 Å². The Kier molecular flexibility index (Phi) is 2.60. The normalized spacial score (nSPS) is 11.9. The van der Waals surface area contributed by atoms with Crippen molar-refractivity contribution in [3.05, 3.63) is 43.0 Å². The molecule has 20 heavy (non-hydrogen) atoms. The highest BCUT2D eigenvalue weighted by Crippen LogP contribution is 2.20. The van der Waals surface area contributed by atoms with Gasteiger partial charge < -0.3 is 5.73 Å². The van der Waals surface area contributed by atoms with E-state index in [0.29, 0.717) is 0 Å². The Hall–Kier alpha value is -2.63. The number of rotatable bonds is 3. The maximum Gasteiger partial charge on any atom is 0.244 e. The van der Waals surface area contributed by atoms with E-state index in [2.05, 4.69) is 10.1 Å². The number of pyridine rings is 1. The molecule has 6 heteroatoms. The Morgan fingerprint density at radius 3 is 2.90 bits per heavy atom. The van der Waals surface area contributed by atoms with Crippen LogP contribution in [0, 0.1) is 0 Å². The lowest BCUT2D eigenvalue weighted by atomic mass is 10.1. The first-order valence-corrected chi connectivity index (χ1v) is 6.27. The minimum Gasteiger partial charge on any atom is -0.368 e. The fraction of sp³-hybridized carbons (Fsp3) is 0.214. The summed E-state index contributed by atoms with van der Waals surface area (Å²) < 4.78 is 3.50. The molecule has 0 saturated heterocycles. The average molecular weight is 269 g/mol. The van der Waals surface area contributed by atoms with Gasteiger partial charge in [-0.1, -0.05) is 0 Å². The topological polar surface area (TPSA) is 78.7 Å². The number of nitrogens with two attached hydrogens (primary N) is 1. The van der Waals surface area contributed by atoms with E-state index >= 15 is 0 Å². The average Bonchev–Trinajstić information content (AvgIpc) is 3.04. The third-order valence-corrected chi connectivity index (χ3v) is 3.47. The van der Waals surface area contributed by atoms with Gasteiger partial charge in [-0.25, -0.2) is 4.98 Å². The SMILES string of the molecule is CC(C)(C(N)=O)n1cc(-n2ccc3cccnc32)cn1. The van der Waals surface area contributed by atoms with Crippen molar-refractivity contribution in [1.29, 1.82) is 0 Å². The zero-order chi connectivity index (χ0) is 14.3. The molecular formula is C14H15N5O. The first-order chi connectivity index (χ1) is 9.50. The second kappa shape index (κ2) is 4.19. The van der Waals surface area contributed by atoms with E-state index in [4.69, 9.17) is 5.73 Å². The minimum atomic E-state index is -0.866. The molecule has 3 heterocycles. The summed E-state index contributed by atoms with van der Waals surface area (Å²) in [6.07, 6.45) is 7.16. The predicted octanol–water partition coefficient (Wildman–Crippen LogP) is 1.44. The first-order valence-electron chi connectivity index (χ1n) is 6.27. The van der Waals surface area contributed by atoms with E-state index in [9.17, 15) is 4.79 Å². The summed E-state index contributed by atoms with van der Waals surface area (Å²) in [6.45, 7) is 3.47. The smallest absolute Gasteiger partial charge is 0.244 e. The summed E-state index contributed by atoms with van der Waals surface area (Å²) in [6, 6.07) is 5.88. The molecule has 3 rings (SSSR count). The zero-order valence-corrected chi connectivity index (χ0v) is 11.3. The second-order valence-electron chi connectivity index (χ2n) is 5.17. The van der Waals surface area contributed by atoms with Gasteiger partial charge in [-0.05, 0) is 32.0 Å². The maximum atomic E-state index is 11.5. The van der Waals surface area contributed by atoms with Gasteiger partial charge in [0.25, 0.3) is 0 Å². The van der Waals surface area contributed by atoms with E-state index < -0.39 is 11.4 Å². The third kappa shape index (κ3) is 1.77. The maximum absolute atomic E-state index is 11.5. The molecule has 3 aromatic heterocycles. The summed E-state index contributed by atoms with van der Waals surface area (Å²) in [4.78, 5) is 15.8. The number of carbonyl (C=O) groups excluding carboxylic acids is 1. The van der Waals surface area contributed by atoms with Crippen LogP contribution in [-0.2, 0) is 10.3 Å². The monoisotopic (exact) mass is 269 g/mol. The standard InChI is InChI=1S/C14H15N5O/c1-14(2,13(15)20)19-9-11(8-17-19)18-7-5-10-4-3-6-16-12(10)18/h3-9H,1-2H3,(H2,15,20). The lowest BCUT2D eigenvalue weighted by Crippen LogP contribution is -2.41. The van der Waals surface area contributed by atoms with Gasteiger partial charge in [0.1, 0.15) is 11.2 Å². The summed E-state index contributed by atoms with van der Waals surface area (Å²) in [7, 11) is 0. The molecule has 3 aromatic rings. The van der Waals surface area contributed by atoms with Gasteiger partial charge in [-0.3, -0.25) is 14.0 Å². The summed E-state index contributed by atoms with van der Waals surface area (Å²) >= 11 is 0. The fourth-order valence-electron chi connectivity index (χ4n) is 2.03. The molecule has 0 aliphatic heterocycles. The molecule has 0 saturated carbocycles. The van der Waals surface area contributed by atoms with Crippen LogP contribution in [0.4, 0.5) is 0 Å². The highest BCUT2D eigenvalue weighted by Gasteiger charge is 2.28. The van der Waals surface area contributed by atoms with Crippen LogP contribution in [-0.4, -0.2) is 25.2 Å². The Bertz CT molecular complexity index is 784. The van der Waals surface area contributed by atoms with Crippen LogP contribution in [0.15, 0.2) is 43.0 Å². The van der Waals surface area contributed by atoms with Crippen molar-refractivity contribution in [3.63, 3.8) is 0 Å². The lowest BCUT2D eigenvalue weighted by molar-refractivity contribution is -0.125. The summed E-state index contributed by atoms with van der Waals surface area (Å²) in [5.41, 5.74) is 6.23. The van der Waals surface area contributed by atoms with Crippen molar-refractivity contribution in [3.8, 4) is 5.69 Å². The van der Waals surface area contributed by atoms with Crippen LogP contribution in [0.1, 0.15) is 13.8 Å². The molecular weight excluding hydrogens is 254 g/mol. The number of amides is 1. The molecule has 0 radical (unpaired) electrons. The molecule has 1 amide bonds. The Balaban J connectivity index is 2.09. The number of hydrogen-bond acceptors (Lipinski definition) is 3. The van der Waals surface area contributed by atoms with Gasteiger partial charge in [-0.2, -0.15) is 5.10 Å². The van der Waals surface area contributed by atoms with Crippen molar-refractivity contribution in [1.82, 2.24) is 19.3 Å². The second-order valence-corrected chi connectivity index (χ2v) is 5.17. The highest BCUT2D eigenvalue weighted by molar-refractivity contribution is 5.82. The van der Waals surface area contributed by atoms with Crippen LogP contribution < -0.4 is 5.73 Å². The highest BCUT2D eigenvalue weighted by atomic mass is 16.1. The zero-order valence-electron chi connectivity index (χ0n) is 11.3. The van der Waals surface area contributed by atoms with Crippen LogP contribution >= 0.6 is 0 Å². The molecule has 0 unspecified atom stereocenters. The minimum absolute atomic E-state index is 0.428. The molecule has 102 valence electrons. The van der Waals surface area contributed by atoms with E-state index in [1.54, 1.807) is 37.1 Å². The van der Waals surface area contributed by atoms with Crippen LogP contribution in [0.3, 0.4) is 0 Å². The Morgan fingerprint density at radius 1 is 1.35 bits per heavy atom. The summed E-state index contributed by atoms with van der Waals surface area (Å²) in [5, 5.41) is 5.29. The van der Waals surface area contributed by atoms with E-state index in [0.717, 1.165) is 16.7 Å². The van der Waals surface area contributed by atoms with E-state index in [1.165, 1.54) is 0 Å². The largest absolute Gasteiger partial charge is 0.368 e.